The van der Waals surface area contributed by atoms with Crippen LogP contribution in [-0.4, -0.2) is 32.6 Å². The second kappa shape index (κ2) is 7.27. The van der Waals surface area contributed by atoms with Crippen molar-refractivity contribution in [2.45, 2.75) is 13.0 Å². The summed E-state index contributed by atoms with van der Waals surface area (Å²) >= 11 is 0. The number of nitrogens with one attached hydrogen (secondary N) is 4. The zero-order valence-electron chi connectivity index (χ0n) is 12.7. The molecule has 9 nitrogen and oxygen atoms in total. The van der Waals surface area contributed by atoms with Gasteiger partial charge in [-0.3, -0.25) is 14.8 Å². The minimum absolute atomic E-state index is 0.285. The number of aromatic nitrogens is 4. The molecule has 0 aliphatic heterocycles. The Morgan fingerprint density at radius 1 is 1.33 bits per heavy atom. The van der Waals surface area contributed by atoms with Gasteiger partial charge in [0, 0.05) is 24.8 Å². The number of carbonyl (C=O) groups is 1. The average Bonchev–Trinajstić information content (AvgIpc) is 3.25. The standard InChI is InChI=1S/C15H16N6O3/c22-14(18-9-11-2-1-7-24-11)12-8-10(3-5-17-12)16-6-4-13-19-15(23)21-20-13/h1-3,5,7-8H,4,6,9H2,(H,16,17)(H,18,22)(H2,19,20,21,23). The summed E-state index contributed by atoms with van der Waals surface area (Å²) in [5.74, 6) is 0.954. The number of hydrogen-bond acceptors (Lipinski definition) is 6. The van der Waals surface area contributed by atoms with Gasteiger partial charge in [-0.05, 0) is 24.3 Å². The highest BCUT2D eigenvalue weighted by atomic mass is 16.3. The molecule has 0 aliphatic carbocycles. The Labute approximate surface area is 136 Å². The van der Waals surface area contributed by atoms with Gasteiger partial charge in [-0.15, -0.1) is 0 Å². The van der Waals surface area contributed by atoms with Crippen molar-refractivity contribution in [3.63, 3.8) is 0 Å². The van der Waals surface area contributed by atoms with Crippen molar-refractivity contribution in [1.29, 1.82) is 0 Å². The first-order valence-electron chi connectivity index (χ1n) is 7.35. The summed E-state index contributed by atoms with van der Waals surface area (Å²) in [5.41, 5.74) is 0.732. The van der Waals surface area contributed by atoms with Crippen LogP contribution in [0.1, 0.15) is 22.1 Å². The first-order valence-corrected chi connectivity index (χ1v) is 7.35. The molecule has 0 aromatic carbocycles. The molecule has 0 spiro atoms. The molecule has 0 atom stereocenters. The van der Waals surface area contributed by atoms with Gasteiger partial charge < -0.3 is 15.1 Å². The number of amides is 1. The average molecular weight is 328 g/mol. The van der Waals surface area contributed by atoms with E-state index in [2.05, 4.69) is 30.8 Å². The van der Waals surface area contributed by atoms with Crippen LogP contribution in [0, 0.1) is 0 Å². The summed E-state index contributed by atoms with van der Waals surface area (Å²) in [6.45, 7) is 0.857. The highest BCUT2D eigenvalue weighted by molar-refractivity contribution is 5.93. The third kappa shape index (κ3) is 4.09. The summed E-state index contributed by atoms with van der Waals surface area (Å²) in [6.07, 6.45) is 3.65. The monoisotopic (exact) mass is 328 g/mol. The predicted octanol–water partition coefficient (Wildman–Crippen LogP) is 0.671. The second-order valence-electron chi connectivity index (χ2n) is 4.99. The Hall–Kier alpha value is -3.36. The van der Waals surface area contributed by atoms with Crippen molar-refractivity contribution in [3.8, 4) is 0 Å². The number of furan rings is 1. The molecule has 1 amide bonds. The van der Waals surface area contributed by atoms with E-state index in [9.17, 15) is 9.59 Å². The summed E-state index contributed by atoms with van der Waals surface area (Å²) in [7, 11) is 0. The third-order valence-electron chi connectivity index (χ3n) is 3.24. The van der Waals surface area contributed by atoms with E-state index >= 15 is 0 Å². The largest absolute Gasteiger partial charge is 0.467 e. The SMILES string of the molecule is O=C(NCc1ccco1)c1cc(NCCc2n[nH]c(=O)[nH]2)ccn1. The molecule has 4 N–H and O–H groups in total. The lowest BCUT2D eigenvalue weighted by atomic mass is 10.3. The molecule has 0 saturated heterocycles. The lowest BCUT2D eigenvalue weighted by Gasteiger charge is -2.07. The molecule has 3 heterocycles. The zero-order valence-corrected chi connectivity index (χ0v) is 12.7. The van der Waals surface area contributed by atoms with Gasteiger partial charge in [-0.2, -0.15) is 5.10 Å². The van der Waals surface area contributed by atoms with Crippen LogP contribution in [0.5, 0.6) is 0 Å². The molecule has 3 rings (SSSR count). The van der Waals surface area contributed by atoms with Gasteiger partial charge in [-0.1, -0.05) is 0 Å². The minimum atomic E-state index is -0.329. The first-order chi connectivity index (χ1) is 11.7. The van der Waals surface area contributed by atoms with E-state index in [0.29, 0.717) is 36.8 Å². The molecule has 9 heteroatoms. The predicted molar refractivity (Wildman–Crippen MR) is 85.5 cm³/mol. The maximum absolute atomic E-state index is 12.1. The first kappa shape index (κ1) is 15.5. The van der Waals surface area contributed by atoms with Crippen molar-refractivity contribution in [3.05, 3.63) is 64.5 Å². The number of H-pyrrole nitrogens is 2. The molecule has 3 aromatic rings. The fraction of sp³-hybridized carbons (Fsp3) is 0.200. The van der Waals surface area contributed by atoms with Crippen LogP contribution in [0.3, 0.4) is 0 Å². The van der Waals surface area contributed by atoms with Crippen molar-refractivity contribution in [2.24, 2.45) is 0 Å². The van der Waals surface area contributed by atoms with Gasteiger partial charge >= 0.3 is 5.69 Å². The fourth-order valence-corrected chi connectivity index (χ4v) is 2.08. The van der Waals surface area contributed by atoms with Gasteiger partial charge in [0.1, 0.15) is 17.3 Å². The van der Waals surface area contributed by atoms with E-state index < -0.39 is 0 Å². The topological polar surface area (TPSA) is 129 Å². The molecule has 3 aromatic heterocycles. The van der Waals surface area contributed by atoms with E-state index in [1.165, 1.54) is 0 Å². The van der Waals surface area contributed by atoms with Crippen molar-refractivity contribution in [2.75, 3.05) is 11.9 Å². The van der Waals surface area contributed by atoms with E-state index in [4.69, 9.17) is 4.42 Å². The fourth-order valence-electron chi connectivity index (χ4n) is 2.08. The van der Waals surface area contributed by atoms with Crippen LogP contribution in [-0.2, 0) is 13.0 Å². The molecule has 124 valence electrons. The molecule has 0 unspecified atom stereocenters. The molecule has 0 fully saturated rings. The minimum Gasteiger partial charge on any atom is -0.467 e. The Morgan fingerprint density at radius 3 is 3.00 bits per heavy atom. The molecule has 0 bridgehead atoms. The van der Waals surface area contributed by atoms with Gasteiger partial charge in [0.15, 0.2) is 0 Å². The zero-order chi connectivity index (χ0) is 16.8. The highest BCUT2D eigenvalue weighted by Gasteiger charge is 2.08. The van der Waals surface area contributed by atoms with Crippen LogP contribution in [0.2, 0.25) is 0 Å². The molecular formula is C15H16N6O3. The second-order valence-corrected chi connectivity index (χ2v) is 4.99. The number of pyridine rings is 1. The van der Waals surface area contributed by atoms with Crippen molar-refractivity contribution < 1.29 is 9.21 Å². The van der Waals surface area contributed by atoms with Gasteiger partial charge in [0.05, 0.1) is 12.8 Å². The summed E-state index contributed by atoms with van der Waals surface area (Å²) < 4.78 is 5.16. The third-order valence-corrected chi connectivity index (χ3v) is 3.24. The van der Waals surface area contributed by atoms with Crippen molar-refractivity contribution >= 4 is 11.6 Å². The summed E-state index contributed by atoms with van der Waals surface area (Å²) in [5, 5.41) is 12.0. The molecular weight excluding hydrogens is 312 g/mol. The van der Waals surface area contributed by atoms with Gasteiger partial charge in [0.2, 0.25) is 0 Å². The Bertz CT molecular complexity index is 852. The van der Waals surface area contributed by atoms with Crippen LogP contribution in [0.4, 0.5) is 5.69 Å². The van der Waals surface area contributed by atoms with Crippen LogP contribution in [0.25, 0.3) is 0 Å². The molecule has 0 aliphatic rings. The number of nitrogens with zero attached hydrogens (tertiary/aromatic N) is 2. The Kier molecular flexibility index (Phi) is 4.70. The highest BCUT2D eigenvalue weighted by Crippen LogP contribution is 2.08. The number of hydrogen-bond donors (Lipinski definition) is 4. The van der Waals surface area contributed by atoms with Crippen LogP contribution < -0.4 is 16.3 Å². The summed E-state index contributed by atoms with van der Waals surface area (Å²) in [6, 6.07) is 6.96. The van der Waals surface area contributed by atoms with E-state index in [1.54, 1.807) is 36.7 Å². The number of rotatable bonds is 7. The maximum Gasteiger partial charge on any atom is 0.340 e. The maximum atomic E-state index is 12.1. The quantitative estimate of drug-likeness (QED) is 0.504. The van der Waals surface area contributed by atoms with E-state index in [-0.39, 0.29) is 11.6 Å². The Morgan fingerprint density at radius 2 is 2.25 bits per heavy atom. The van der Waals surface area contributed by atoms with E-state index in [0.717, 1.165) is 5.69 Å². The molecule has 0 radical (unpaired) electrons. The lowest BCUT2D eigenvalue weighted by Crippen LogP contribution is -2.23. The van der Waals surface area contributed by atoms with E-state index in [1.807, 2.05) is 0 Å². The molecule has 0 saturated carbocycles. The summed E-state index contributed by atoms with van der Waals surface area (Å²) in [4.78, 5) is 29.7. The van der Waals surface area contributed by atoms with Crippen molar-refractivity contribution in [1.82, 2.24) is 25.5 Å². The number of anilines is 1. The van der Waals surface area contributed by atoms with Crippen LogP contribution in [0.15, 0.2) is 45.9 Å². The van der Waals surface area contributed by atoms with Gasteiger partial charge in [-0.25, -0.2) is 9.89 Å². The van der Waals surface area contributed by atoms with Crippen LogP contribution >= 0.6 is 0 Å². The van der Waals surface area contributed by atoms with Gasteiger partial charge in [0.25, 0.3) is 5.91 Å². The molecule has 24 heavy (non-hydrogen) atoms. The number of aromatic amines is 2. The normalized spacial score (nSPS) is 10.5. The Balaban J connectivity index is 1.53. The number of carbonyl (C=O) groups excluding carboxylic acids is 1. The smallest absolute Gasteiger partial charge is 0.340 e. The lowest BCUT2D eigenvalue weighted by molar-refractivity contribution is 0.0943.